The minimum atomic E-state index is -1.08. The molecule has 0 aromatic heterocycles. The Hall–Kier alpha value is -2.45. The SMILES string of the molecule is NCCCCCCC[C@H](N[C@H]1CC[C@H](c2ccccc2)CN(CC(=O)O)C1=O)C(=O)O. The van der Waals surface area contributed by atoms with Gasteiger partial charge in [-0.2, -0.15) is 0 Å². The van der Waals surface area contributed by atoms with Crippen molar-refractivity contribution in [2.75, 3.05) is 19.6 Å². The number of rotatable bonds is 13. The van der Waals surface area contributed by atoms with E-state index in [0.29, 0.717) is 32.4 Å². The fraction of sp³-hybridized carbons (Fsp3) is 0.609. The molecular weight excluding hydrogens is 398 g/mol. The first-order valence-electron chi connectivity index (χ1n) is 11.2. The monoisotopic (exact) mass is 433 g/mol. The molecule has 1 saturated heterocycles. The van der Waals surface area contributed by atoms with E-state index in [2.05, 4.69) is 5.32 Å². The fourth-order valence-electron chi connectivity index (χ4n) is 4.16. The van der Waals surface area contributed by atoms with E-state index in [-0.39, 0.29) is 18.4 Å². The Morgan fingerprint density at radius 1 is 1.06 bits per heavy atom. The molecular formula is C23H35N3O5. The van der Waals surface area contributed by atoms with Crippen molar-refractivity contribution >= 4 is 17.8 Å². The lowest BCUT2D eigenvalue weighted by molar-refractivity contribution is -0.146. The lowest BCUT2D eigenvalue weighted by Gasteiger charge is -2.26. The molecule has 5 N–H and O–H groups in total. The second-order valence-electron chi connectivity index (χ2n) is 8.25. The highest BCUT2D eigenvalue weighted by atomic mass is 16.4. The maximum absolute atomic E-state index is 13.1. The van der Waals surface area contributed by atoms with E-state index in [1.165, 1.54) is 4.90 Å². The number of hydrogen-bond donors (Lipinski definition) is 4. The van der Waals surface area contributed by atoms with Crippen molar-refractivity contribution in [2.24, 2.45) is 5.73 Å². The molecule has 8 nitrogen and oxygen atoms in total. The second kappa shape index (κ2) is 13.1. The van der Waals surface area contributed by atoms with Gasteiger partial charge in [-0.3, -0.25) is 19.7 Å². The summed E-state index contributed by atoms with van der Waals surface area (Å²) in [6, 6.07) is 8.19. The third-order valence-corrected chi connectivity index (χ3v) is 5.85. The fourth-order valence-corrected chi connectivity index (χ4v) is 4.16. The van der Waals surface area contributed by atoms with Crippen molar-refractivity contribution in [2.45, 2.75) is 69.4 Å². The molecule has 0 saturated carbocycles. The highest BCUT2D eigenvalue weighted by Crippen LogP contribution is 2.27. The molecule has 1 aliphatic rings. The standard InChI is InChI=1S/C23H35N3O5/c24-14-8-3-1-2-7-11-20(23(30)31)25-19-13-12-18(17-9-5-4-6-10-17)15-26(22(19)29)16-21(27)28/h4-6,9-10,18-20,25H,1-3,7-8,11-16,24H2,(H,27,28)(H,30,31)/t18-,19-,20-/m0/s1. The molecule has 1 aliphatic heterocycles. The molecule has 2 rings (SSSR count). The Kier molecular flexibility index (Phi) is 10.5. The highest BCUT2D eigenvalue weighted by Gasteiger charge is 2.34. The largest absolute Gasteiger partial charge is 0.480 e. The van der Waals surface area contributed by atoms with Crippen molar-refractivity contribution in [3.63, 3.8) is 0 Å². The van der Waals surface area contributed by atoms with Crippen LogP contribution in [0.25, 0.3) is 0 Å². The molecule has 0 bridgehead atoms. The Balaban J connectivity index is 2.03. The Bertz CT molecular complexity index is 712. The topological polar surface area (TPSA) is 133 Å². The number of likely N-dealkylation sites (tertiary alicyclic amines) is 1. The Morgan fingerprint density at radius 3 is 2.39 bits per heavy atom. The van der Waals surface area contributed by atoms with Crippen molar-refractivity contribution < 1.29 is 24.6 Å². The van der Waals surface area contributed by atoms with E-state index in [1.54, 1.807) is 0 Å². The zero-order valence-electron chi connectivity index (χ0n) is 18.0. The average molecular weight is 434 g/mol. The molecule has 0 radical (unpaired) electrons. The summed E-state index contributed by atoms with van der Waals surface area (Å²) in [5.41, 5.74) is 6.54. The Morgan fingerprint density at radius 2 is 1.74 bits per heavy atom. The van der Waals surface area contributed by atoms with Crippen LogP contribution in [-0.4, -0.2) is 64.7 Å². The van der Waals surface area contributed by atoms with Crippen LogP contribution in [0, 0.1) is 0 Å². The maximum atomic E-state index is 13.1. The predicted octanol–water partition coefficient (Wildman–Crippen LogP) is 2.19. The summed E-state index contributed by atoms with van der Waals surface area (Å²) in [6.07, 6.45) is 6.27. The van der Waals surface area contributed by atoms with Gasteiger partial charge in [0.15, 0.2) is 0 Å². The number of unbranched alkanes of at least 4 members (excludes halogenated alkanes) is 4. The van der Waals surface area contributed by atoms with Crippen LogP contribution in [0.5, 0.6) is 0 Å². The van der Waals surface area contributed by atoms with Crippen LogP contribution in [-0.2, 0) is 14.4 Å². The van der Waals surface area contributed by atoms with Gasteiger partial charge < -0.3 is 20.8 Å². The number of carboxylic acids is 2. The number of carboxylic acid groups (broad SMARTS) is 2. The number of nitrogens with zero attached hydrogens (tertiary/aromatic N) is 1. The van der Waals surface area contributed by atoms with E-state index in [0.717, 1.165) is 37.7 Å². The number of nitrogens with two attached hydrogens (primary N) is 1. The number of carbonyl (C=O) groups excluding carboxylic acids is 1. The second-order valence-corrected chi connectivity index (χ2v) is 8.25. The lowest BCUT2D eigenvalue weighted by Crippen LogP contribution is -2.52. The van der Waals surface area contributed by atoms with Crippen LogP contribution in [0.3, 0.4) is 0 Å². The summed E-state index contributed by atoms with van der Waals surface area (Å²) in [7, 11) is 0. The quantitative estimate of drug-likeness (QED) is 0.350. The smallest absolute Gasteiger partial charge is 0.323 e. The van der Waals surface area contributed by atoms with Crippen LogP contribution in [0.1, 0.15) is 62.8 Å². The molecule has 0 aliphatic carbocycles. The number of amides is 1. The van der Waals surface area contributed by atoms with Gasteiger partial charge >= 0.3 is 11.9 Å². The molecule has 1 aromatic rings. The van der Waals surface area contributed by atoms with E-state index in [9.17, 15) is 24.6 Å². The van der Waals surface area contributed by atoms with Gasteiger partial charge in [-0.25, -0.2) is 0 Å². The maximum Gasteiger partial charge on any atom is 0.323 e. The average Bonchev–Trinajstić information content (AvgIpc) is 2.89. The van der Waals surface area contributed by atoms with Gasteiger partial charge in [-0.1, -0.05) is 56.0 Å². The highest BCUT2D eigenvalue weighted by molar-refractivity contribution is 5.86. The molecule has 31 heavy (non-hydrogen) atoms. The van der Waals surface area contributed by atoms with Gasteiger partial charge in [0, 0.05) is 12.5 Å². The van der Waals surface area contributed by atoms with E-state index in [4.69, 9.17) is 5.73 Å². The van der Waals surface area contributed by atoms with Crippen molar-refractivity contribution in [1.82, 2.24) is 10.2 Å². The molecule has 1 amide bonds. The van der Waals surface area contributed by atoms with Crippen LogP contribution < -0.4 is 11.1 Å². The summed E-state index contributed by atoms with van der Waals surface area (Å²) in [5.74, 6) is -2.38. The first-order chi connectivity index (χ1) is 14.9. The van der Waals surface area contributed by atoms with E-state index in [1.807, 2.05) is 30.3 Å². The van der Waals surface area contributed by atoms with Gasteiger partial charge in [-0.15, -0.1) is 0 Å². The third kappa shape index (κ3) is 8.30. The summed E-state index contributed by atoms with van der Waals surface area (Å²) in [6.45, 7) is 0.589. The van der Waals surface area contributed by atoms with Crippen LogP contribution in [0.2, 0.25) is 0 Å². The summed E-state index contributed by atoms with van der Waals surface area (Å²) >= 11 is 0. The minimum absolute atomic E-state index is 0.0159. The third-order valence-electron chi connectivity index (χ3n) is 5.85. The van der Waals surface area contributed by atoms with Gasteiger partial charge in [0.2, 0.25) is 5.91 Å². The van der Waals surface area contributed by atoms with Crippen molar-refractivity contribution in [3.05, 3.63) is 35.9 Å². The molecule has 1 fully saturated rings. The first kappa shape index (κ1) is 24.8. The molecule has 8 heteroatoms. The van der Waals surface area contributed by atoms with Crippen molar-refractivity contribution in [3.8, 4) is 0 Å². The molecule has 3 atom stereocenters. The predicted molar refractivity (Wildman–Crippen MR) is 118 cm³/mol. The van der Waals surface area contributed by atoms with E-state index < -0.39 is 24.0 Å². The summed E-state index contributed by atoms with van der Waals surface area (Å²) in [4.78, 5) is 37.5. The van der Waals surface area contributed by atoms with Gasteiger partial charge in [0.05, 0.1) is 6.04 Å². The minimum Gasteiger partial charge on any atom is -0.480 e. The number of hydrogen-bond acceptors (Lipinski definition) is 5. The zero-order valence-corrected chi connectivity index (χ0v) is 18.0. The van der Waals surface area contributed by atoms with Crippen LogP contribution in [0.15, 0.2) is 30.3 Å². The molecule has 0 spiro atoms. The lowest BCUT2D eigenvalue weighted by atomic mass is 9.93. The molecule has 0 unspecified atom stereocenters. The van der Waals surface area contributed by atoms with E-state index >= 15 is 0 Å². The number of benzene rings is 1. The van der Waals surface area contributed by atoms with Crippen molar-refractivity contribution in [1.29, 1.82) is 0 Å². The molecule has 1 aromatic carbocycles. The molecule has 172 valence electrons. The summed E-state index contributed by atoms with van der Waals surface area (Å²) in [5, 5.41) is 21.9. The number of carbonyl (C=O) groups is 3. The number of nitrogens with one attached hydrogen (secondary N) is 1. The Labute approximate surface area is 183 Å². The zero-order chi connectivity index (χ0) is 22.6. The van der Waals surface area contributed by atoms with Crippen LogP contribution in [0.4, 0.5) is 0 Å². The first-order valence-corrected chi connectivity index (χ1v) is 11.2. The van der Waals surface area contributed by atoms with Gasteiger partial charge in [0.1, 0.15) is 12.6 Å². The van der Waals surface area contributed by atoms with Crippen LogP contribution >= 0.6 is 0 Å². The number of aliphatic carboxylic acids is 2. The summed E-state index contributed by atoms with van der Waals surface area (Å²) < 4.78 is 0. The van der Waals surface area contributed by atoms with Gasteiger partial charge in [0.25, 0.3) is 0 Å². The molecule has 1 heterocycles. The normalized spacial score (nSPS) is 20.3. The van der Waals surface area contributed by atoms with Gasteiger partial charge in [-0.05, 0) is 37.8 Å².